The number of alkyl halides is 1. The van der Waals surface area contributed by atoms with E-state index in [0.717, 1.165) is 37.7 Å². The SMILES string of the molecule is CCN(CCCBr)C(=O)C1CCC(C)O1. The zero-order valence-corrected chi connectivity index (χ0v) is 11.1. The molecule has 88 valence electrons. The summed E-state index contributed by atoms with van der Waals surface area (Å²) in [7, 11) is 0. The average molecular weight is 278 g/mol. The third kappa shape index (κ3) is 3.76. The van der Waals surface area contributed by atoms with Crippen LogP contribution in [-0.4, -0.2) is 41.4 Å². The maximum absolute atomic E-state index is 12.0. The first kappa shape index (κ1) is 13.0. The highest BCUT2D eigenvalue weighted by molar-refractivity contribution is 9.09. The second-order valence-corrected chi connectivity index (χ2v) is 4.77. The van der Waals surface area contributed by atoms with Crippen molar-refractivity contribution in [3.05, 3.63) is 0 Å². The summed E-state index contributed by atoms with van der Waals surface area (Å²) in [5, 5.41) is 0.943. The molecule has 0 N–H and O–H groups in total. The van der Waals surface area contributed by atoms with Gasteiger partial charge in [-0.25, -0.2) is 0 Å². The summed E-state index contributed by atoms with van der Waals surface area (Å²) in [6, 6.07) is 0. The highest BCUT2D eigenvalue weighted by Crippen LogP contribution is 2.20. The lowest BCUT2D eigenvalue weighted by Crippen LogP contribution is -2.39. The van der Waals surface area contributed by atoms with Crippen molar-refractivity contribution in [2.75, 3.05) is 18.4 Å². The molecule has 1 heterocycles. The van der Waals surface area contributed by atoms with Gasteiger partial charge in [0.25, 0.3) is 5.91 Å². The number of carbonyl (C=O) groups is 1. The lowest BCUT2D eigenvalue weighted by Gasteiger charge is -2.23. The van der Waals surface area contributed by atoms with Crippen molar-refractivity contribution in [1.29, 1.82) is 0 Å². The third-order valence-electron chi connectivity index (χ3n) is 2.76. The van der Waals surface area contributed by atoms with Crippen molar-refractivity contribution in [2.45, 2.75) is 45.3 Å². The highest BCUT2D eigenvalue weighted by atomic mass is 79.9. The van der Waals surface area contributed by atoms with Crippen LogP contribution in [-0.2, 0) is 9.53 Å². The fraction of sp³-hybridized carbons (Fsp3) is 0.909. The van der Waals surface area contributed by atoms with Crippen LogP contribution >= 0.6 is 15.9 Å². The first-order valence-corrected chi connectivity index (χ1v) is 6.81. The third-order valence-corrected chi connectivity index (χ3v) is 3.32. The monoisotopic (exact) mass is 277 g/mol. The Morgan fingerprint density at radius 3 is 2.73 bits per heavy atom. The summed E-state index contributed by atoms with van der Waals surface area (Å²) in [6.45, 7) is 5.65. The molecule has 15 heavy (non-hydrogen) atoms. The van der Waals surface area contributed by atoms with E-state index in [2.05, 4.69) is 15.9 Å². The van der Waals surface area contributed by atoms with Crippen molar-refractivity contribution < 1.29 is 9.53 Å². The van der Waals surface area contributed by atoms with Crippen molar-refractivity contribution in [3.63, 3.8) is 0 Å². The van der Waals surface area contributed by atoms with Crippen LogP contribution in [0.3, 0.4) is 0 Å². The van der Waals surface area contributed by atoms with E-state index >= 15 is 0 Å². The van der Waals surface area contributed by atoms with Crippen LogP contribution in [0.2, 0.25) is 0 Å². The number of amides is 1. The molecule has 1 aliphatic rings. The Labute approximate surface area is 100 Å². The summed E-state index contributed by atoms with van der Waals surface area (Å²) in [6.07, 6.45) is 2.95. The number of rotatable bonds is 5. The molecule has 0 spiro atoms. The molecule has 1 amide bonds. The lowest BCUT2D eigenvalue weighted by atomic mass is 10.2. The molecular weight excluding hydrogens is 258 g/mol. The summed E-state index contributed by atoms with van der Waals surface area (Å²) >= 11 is 3.38. The van der Waals surface area contributed by atoms with Crippen molar-refractivity contribution >= 4 is 21.8 Å². The minimum atomic E-state index is -0.185. The zero-order chi connectivity index (χ0) is 11.3. The normalized spacial score (nSPS) is 25.5. The van der Waals surface area contributed by atoms with Gasteiger partial charge in [-0.15, -0.1) is 0 Å². The van der Waals surface area contributed by atoms with Gasteiger partial charge in [-0.2, -0.15) is 0 Å². The standard InChI is InChI=1S/C11H20BrNO2/c1-3-13(8-4-7-12)11(14)10-6-5-9(2)15-10/h9-10H,3-8H2,1-2H3. The van der Waals surface area contributed by atoms with Crippen molar-refractivity contribution in [2.24, 2.45) is 0 Å². The van der Waals surface area contributed by atoms with Gasteiger partial charge >= 0.3 is 0 Å². The molecule has 2 unspecified atom stereocenters. The van der Waals surface area contributed by atoms with Crippen LogP contribution in [0.1, 0.15) is 33.1 Å². The van der Waals surface area contributed by atoms with E-state index in [0.29, 0.717) is 0 Å². The van der Waals surface area contributed by atoms with Gasteiger partial charge in [0.2, 0.25) is 0 Å². The number of hydrogen-bond acceptors (Lipinski definition) is 2. The van der Waals surface area contributed by atoms with Gasteiger partial charge in [0, 0.05) is 18.4 Å². The van der Waals surface area contributed by atoms with Gasteiger partial charge in [-0.05, 0) is 33.1 Å². The molecule has 1 rings (SSSR count). The van der Waals surface area contributed by atoms with Crippen LogP contribution in [0.25, 0.3) is 0 Å². The Morgan fingerprint density at radius 2 is 2.27 bits per heavy atom. The summed E-state index contributed by atoms with van der Waals surface area (Å²) in [4.78, 5) is 13.9. The van der Waals surface area contributed by atoms with Crippen molar-refractivity contribution in [1.82, 2.24) is 4.90 Å². The van der Waals surface area contributed by atoms with Crippen LogP contribution < -0.4 is 0 Å². The molecule has 0 aromatic rings. The van der Waals surface area contributed by atoms with Gasteiger partial charge in [-0.3, -0.25) is 4.79 Å². The Morgan fingerprint density at radius 1 is 1.53 bits per heavy atom. The summed E-state index contributed by atoms with van der Waals surface area (Å²) < 4.78 is 5.58. The number of likely N-dealkylation sites (N-methyl/N-ethyl adjacent to an activating group) is 1. The quantitative estimate of drug-likeness (QED) is 0.721. The highest BCUT2D eigenvalue weighted by Gasteiger charge is 2.30. The summed E-state index contributed by atoms with van der Waals surface area (Å²) in [5.74, 6) is 0.169. The Balaban J connectivity index is 2.42. The fourth-order valence-electron chi connectivity index (χ4n) is 1.86. The lowest BCUT2D eigenvalue weighted by molar-refractivity contribution is -0.142. The second kappa shape index (κ2) is 6.48. The molecule has 0 aliphatic carbocycles. The molecule has 1 fully saturated rings. The van der Waals surface area contributed by atoms with E-state index in [1.54, 1.807) is 0 Å². The van der Waals surface area contributed by atoms with E-state index in [1.165, 1.54) is 0 Å². The van der Waals surface area contributed by atoms with Gasteiger partial charge < -0.3 is 9.64 Å². The first-order chi connectivity index (χ1) is 7.19. The Hall–Kier alpha value is -0.0900. The summed E-state index contributed by atoms with van der Waals surface area (Å²) in [5.41, 5.74) is 0. The minimum Gasteiger partial charge on any atom is -0.365 e. The van der Waals surface area contributed by atoms with Gasteiger partial charge in [0.1, 0.15) is 6.10 Å². The molecule has 4 heteroatoms. The molecule has 1 saturated heterocycles. The zero-order valence-electron chi connectivity index (χ0n) is 9.54. The number of carbonyl (C=O) groups excluding carboxylic acids is 1. The molecular formula is C11H20BrNO2. The average Bonchev–Trinajstić information content (AvgIpc) is 2.65. The fourth-order valence-corrected chi connectivity index (χ4v) is 2.11. The number of halogens is 1. The van der Waals surface area contributed by atoms with E-state index in [9.17, 15) is 4.79 Å². The first-order valence-electron chi connectivity index (χ1n) is 5.69. The Kier molecular flexibility index (Phi) is 5.61. The molecule has 1 aliphatic heterocycles. The number of nitrogens with zero attached hydrogens (tertiary/aromatic N) is 1. The van der Waals surface area contributed by atoms with Gasteiger partial charge in [0.05, 0.1) is 6.10 Å². The van der Waals surface area contributed by atoms with Crippen LogP contribution in [0, 0.1) is 0 Å². The molecule has 0 radical (unpaired) electrons. The predicted molar refractivity (Wildman–Crippen MR) is 64.2 cm³/mol. The molecule has 0 saturated carbocycles. The number of ether oxygens (including phenoxy) is 1. The van der Waals surface area contributed by atoms with E-state index < -0.39 is 0 Å². The van der Waals surface area contributed by atoms with E-state index in [4.69, 9.17) is 4.74 Å². The number of hydrogen-bond donors (Lipinski definition) is 0. The van der Waals surface area contributed by atoms with Crippen LogP contribution in [0.5, 0.6) is 0 Å². The topological polar surface area (TPSA) is 29.5 Å². The second-order valence-electron chi connectivity index (χ2n) is 3.97. The molecule has 3 nitrogen and oxygen atoms in total. The maximum atomic E-state index is 12.0. The van der Waals surface area contributed by atoms with Crippen molar-refractivity contribution in [3.8, 4) is 0 Å². The van der Waals surface area contributed by atoms with Crippen LogP contribution in [0.15, 0.2) is 0 Å². The smallest absolute Gasteiger partial charge is 0.251 e. The molecule has 0 bridgehead atoms. The Bertz CT molecular complexity index is 211. The molecule has 0 aromatic heterocycles. The van der Waals surface area contributed by atoms with E-state index in [1.807, 2.05) is 18.7 Å². The largest absolute Gasteiger partial charge is 0.365 e. The minimum absolute atomic E-state index is 0.169. The predicted octanol–water partition coefficient (Wildman–Crippen LogP) is 2.19. The van der Waals surface area contributed by atoms with Gasteiger partial charge in [0.15, 0.2) is 0 Å². The van der Waals surface area contributed by atoms with E-state index in [-0.39, 0.29) is 18.1 Å². The van der Waals surface area contributed by atoms with Crippen LogP contribution in [0.4, 0.5) is 0 Å². The van der Waals surface area contributed by atoms with Gasteiger partial charge in [-0.1, -0.05) is 15.9 Å². The molecule has 2 atom stereocenters. The maximum Gasteiger partial charge on any atom is 0.251 e. The molecule has 0 aromatic carbocycles.